The predicted molar refractivity (Wildman–Crippen MR) is 122 cm³/mol. The molecule has 0 aliphatic heterocycles. The molecule has 0 unspecified atom stereocenters. The molecule has 0 N–H and O–H groups in total. The van der Waals surface area contributed by atoms with Gasteiger partial charge >= 0.3 is 0 Å². The van der Waals surface area contributed by atoms with Crippen LogP contribution in [0.5, 0.6) is 5.75 Å². The normalized spacial score (nSPS) is 12.1. The quantitative estimate of drug-likeness (QED) is 0.598. The summed E-state index contributed by atoms with van der Waals surface area (Å²) in [4.78, 5) is 21.0. The molecule has 1 saturated carbocycles. The van der Waals surface area contributed by atoms with Gasteiger partial charge in [0.25, 0.3) is 5.56 Å². The van der Waals surface area contributed by atoms with Gasteiger partial charge in [-0.15, -0.1) is 12.8 Å². The van der Waals surface area contributed by atoms with Crippen molar-refractivity contribution in [1.29, 1.82) is 0 Å². The number of pyridine rings is 1. The van der Waals surface area contributed by atoms with Gasteiger partial charge in [0.2, 0.25) is 0 Å². The summed E-state index contributed by atoms with van der Waals surface area (Å²) < 4.78 is 7.57. The summed E-state index contributed by atoms with van der Waals surface area (Å²) in [5, 5.41) is 0. The van der Waals surface area contributed by atoms with Gasteiger partial charge in [0.15, 0.2) is 5.82 Å². The fraction of sp³-hybridized carbons (Fsp3) is 0.269. The van der Waals surface area contributed by atoms with Gasteiger partial charge in [0.1, 0.15) is 12.4 Å². The summed E-state index contributed by atoms with van der Waals surface area (Å²) in [5.74, 6) is 8.23. The van der Waals surface area contributed by atoms with Crippen LogP contribution in [0.1, 0.15) is 41.1 Å². The number of terminal acetylenes is 1. The highest BCUT2D eigenvalue weighted by atomic mass is 16.5. The van der Waals surface area contributed by atoms with Crippen LogP contribution in [-0.2, 0) is 13.2 Å². The van der Waals surface area contributed by atoms with Crippen molar-refractivity contribution in [2.75, 3.05) is 0 Å². The van der Waals surface area contributed by atoms with Crippen molar-refractivity contribution in [3.63, 3.8) is 0 Å². The monoisotopic (exact) mass is 411 g/mol. The Labute approximate surface area is 183 Å². The van der Waals surface area contributed by atoms with Crippen LogP contribution in [0.2, 0.25) is 0 Å². The fourth-order valence-corrected chi connectivity index (χ4v) is 3.03. The SMILES string of the molecule is C#C.Cc1c(OCc2ncccn2)cc(=O)n(Cc2ccc(C#CC3CC3)cc2)c1C. The number of hydrogen-bond acceptors (Lipinski definition) is 4. The highest BCUT2D eigenvalue weighted by Crippen LogP contribution is 2.27. The van der Waals surface area contributed by atoms with Gasteiger partial charge in [0, 0.05) is 41.2 Å². The summed E-state index contributed by atoms with van der Waals surface area (Å²) in [6.07, 6.45) is 13.8. The molecule has 1 aliphatic carbocycles. The van der Waals surface area contributed by atoms with E-state index in [0.29, 0.717) is 24.0 Å². The number of hydrogen-bond donors (Lipinski definition) is 0. The van der Waals surface area contributed by atoms with E-state index in [1.54, 1.807) is 29.1 Å². The number of benzene rings is 1. The third-order valence-corrected chi connectivity index (χ3v) is 5.11. The molecule has 3 aromatic rings. The number of aromatic nitrogens is 3. The third kappa shape index (κ3) is 5.84. The molecule has 2 heterocycles. The summed E-state index contributed by atoms with van der Waals surface area (Å²) >= 11 is 0. The first kappa shape index (κ1) is 21.9. The van der Waals surface area contributed by atoms with Crippen molar-refractivity contribution >= 4 is 0 Å². The van der Waals surface area contributed by atoms with E-state index >= 15 is 0 Å². The molecule has 5 heteroatoms. The molecule has 0 atom stereocenters. The Balaban J connectivity index is 0.00000132. The highest BCUT2D eigenvalue weighted by molar-refractivity contribution is 5.38. The first-order valence-electron chi connectivity index (χ1n) is 10.1. The van der Waals surface area contributed by atoms with Crippen LogP contribution < -0.4 is 10.3 Å². The predicted octanol–water partition coefficient (Wildman–Crippen LogP) is 3.89. The lowest BCUT2D eigenvalue weighted by molar-refractivity contribution is 0.292. The van der Waals surface area contributed by atoms with Gasteiger partial charge in [-0.3, -0.25) is 4.79 Å². The van der Waals surface area contributed by atoms with Gasteiger partial charge < -0.3 is 9.30 Å². The summed E-state index contributed by atoms with van der Waals surface area (Å²) in [5.41, 5.74) is 3.83. The fourth-order valence-electron chi connectivity index (χ4n) is 3.03. The van der Waals surface area contributed by atoms with Gasteiger partial charge in [-0.1, -0.05) is 24.0 Å². The maximum absolute atomic E-state index is 12.7. The molecule has 1 fully saturated rings. The first-order chi connectivity index (χ1) is 15.1. The number of nitrogens with zero attached hydrogens (tertiary/aromatic N) is 3. The van der Waals surface area contributed by atoms with Crippen molar-refractivity contribution in [2.24, 2.45) is 5.92 Å². The maximum Gasteiger partial charge on any atom is 0.254 e. The molecule has 0 bridgehead atoms. The van der Waals surface area contributed by atoms with Crippen molar-refractivity contribution in [3.05, 3.63) is 87.4 Å². The minimum atomic E-state index is -0.0883. The summed E-state index contributed by atoms with van der Waals surface area (Å²) in [6, 6.07) is 11.4. The molecule has 0 saturated heterocycles. The molecule has 4 rings (SSSR count). The lowest BCUT2D eigenvalue weighted by Crippen LogP contribution is -2.23. The lowest BCUT2D eigenvalue weighted by Gasteiger charge is -2.16. The number of rotatable bonds is 5. The van der Waals surface area contributed by atoms with Gasteiger partial charge in [-0.25, -0.2) is 9.97 Å². The molecular formula is C26H25N3O2. The molecule has 1 aromatic carbocycles. The van der Waals surface area contributed by atoms with Crippen LogP contribution in [0.25, 0.3) is 0 Å². The van der Waals surface area contributed by atoms with E-state index in [-0.39, 0.29) is 12.2 Å². The Kier molecular flexibility index (Phi) is 7.25. The number of ether oxygens (including phenoxy) is 1. The topological polar surface area (TPSA) is 57.0 Å². The second-order valence-corrected chi connectivity index (χ2v) is 7.34. The van der Waals surface area contributed by atoms with E-state index in [0.717, 1.165) is 22.4 Å². The van der Waals surface area contributed by atoms with Gasteiger partial charge in [-0.05, 0) is 50.5 Å². The lowest BCUT2D eigenvalue weighted by atomic mass is 10.1. The zero-order chi connectivity index (χ0) is 22.2. The van der Waals surface area contributed by atoms with E-state index in [1.165, 1.54) is 12.8 Å². The third-order valence-electron chi connectivity index (χ3n) is 5.11. The zero-order valence-electron chi connectivity index (χ0n) is 17.8. The average Bonchev–Trinajstić information content (AvgIpc) is 3.64. The van der Waals surface area contributed by atoms with E-state index < -0.39 is 0 Å². The largest absolute Gasteiger partial charge is 0.485 e. The Bertz CT molecular complexity index is 1160. The van der Waals surface area contributed by atoms with Crippen LogP contribution in [0.15, 0.2) is 53.6 Å². The minimum Gasteiger partial charge on any atom is -0.485 e. The zero-order valence-corrected chi connectivity index (χ0v) is 17.8. The Morgan fingerprint density at radius 2 is 1.81 bits per heavy atom. The minimum absolute atomic E-state index is 0.0883. The second kappa shape index (κ2) is 10.3. The van der Waals surface area contributed by atoms with Crippen LogP contribution in [0.3, 0.4) is 0 Å². The Hall–Kier alpha value is -3.83. The van der Waals surface area contributed by atoms with Crippen molar-refractivity contribution in [1.82, 2.24) is 14.5 Å². The molecule has 5 nitrogen and oxygen atoms in total. The highest BCUT2D eigenvalue weighted by Gasteiger charge is 2.17. The maximum atomic E-state index is 12.7. The van der Waals surface area contributed by atoms with E-state index in [4.69, 9.17) is 4.74 Å². The van der Waals surface area contributed by atoms with Crippen LogP contribution in [0, 0.1) is 44.5 Å². The van der Waals surface area contributed by atoms with E-state index in [9.17, 15) is 4.79 Å². The second-order valence-electron chi connectivity index (χ2n) is 7.34. The molecule has 2 aromatic heterocycles. The Morgan fingerprint density at radius 3 is 2.45 bits per heavy atom. The van der Waals surface area contributed by atoms with Crippen LogP contribution >= 0.6 is 0 Å². The molecular weight excluding hydrogens is 386 g/mol. The smallest absolute Gasteiger partial charge is 0.254 e. The van der Waals surface area contributed by atoms with E-state index in [2.05, 4.69) is 34.7 Å². The molecule has 0 amide bonds. The standard InChI is InChI=1S/C24H23N3O2.C2H2/c1-17-18(2)27(15-21-10-8-20(9-11-21)7-6-19-4-5-19)24(28)14-22(17)29-16-23-25-12-3-13-26-23;1-2/h3,8-14,19H,4-5,15-16H2,1-2H3;1-2H. The first-order valence-corrected chi connectivity index (χ1v) is 10.1. The van der Waals surface area contributed by atoms with E-state index in [1.807, 2.05) is 38.1 Å². The van der Waals surface area contributed by atoms with Crippen LogP contribution in [0.4, 0.5) is 0 Å². The van der Waals surface area contributed by atoms with Crippen molar-refractivity contribution < 1.29 is 4.74 Å². The molecule has 1 aliphatic rings. The molecule has 0 spiro atoms. The van der Waals surface area contributed by atoms with Crippen molar-refractivity contribution in [2.45, 2.75) is 39.8 Å². The van der Waals surface area contributed by atoms with Gasteiger partial charge in [0.05, 0.1) is 6.54 Å². The van der Waals surface area contributed by atoms with Crippen molar-refractivity contribution in [3.8, 4) is 30.4 Å². The van der Waals surface area contributed by atoms with Gasteiger partial charge in [-0.2, -0.15) is 0 Å². The molecule has 156 valence electrons. The summed E-state index contributed by atoms with van der Waals surface area (Å²) in [7, 11) is 0. The van der Waals surface area contributed by atoms with Crippen LogP contribution in [-0.4, -0.2) is 14.5 Å². The molecule has 31 heavy (non-hydrogen) atoms. The average molecular weight is 412 g/mol. The summed E-state index contributed by atoms with van der Waals surface area (Å²) in [6.45, 7) is 4.65. The Morgan fingerprint density at radius 1 is 1.13 bits per heavy atom. The molecule has 0 radical (unpaired) electrons.